The van der Waals surface area contributed by atoms with Crippen LogP contribution < -0.4 is 5.32 Å². The smallest absolute Gasteiger partial charge is 0.255 e. The minimum absolute atomic E-state index is 0.148. The lowest BCUT2D eigenvalue weighted by molar-refractivity contribution is 0.0950. The Hall–Kier alpha value is -1.73. The van der Waals surface area contributed by atoms with Crippen molar-refractivity contribution < 1.29 is 9.90 Å². The van der Waals surface area contributed by atoms with Gasteiger partial charge in [0.15, 0.2) is 0 Å². The van der Waals surface area contributed by atoms with Crippen LogP contribution in [0.5, 0.6) is 5.75 Å². The molecule has 84 valence electrons. The quantitative estimate of drug-likeness (QED) is 0.789. The SMILES string of the molecule is N#CCCCNC(=O)c1ccc(Cl)cc1O. The maximum Gasteiger partial charge on any atom is 0.255 e. The Labute approximate surface area is 98.5 Å². The van der Waals surface area contributed by atoms with Crippen molar-refractivity contribution in [1.82, 2.24) is 5.32 Å². The van der Waals surface area contributed by atoms with E-state index in [0.717, 1.165) is 0 Å². The first kappa shape index (κ1) is 12.3. The van der Waals surface area contributed by atoms with Crippen molar-refractivity contribution in [3.8, 4) is 11.8 Å². The number of nitriles is 1. The van der Waals surface area contributed by atoms with E-state index in [2.05, 4.69) is 5.32 Å². The van der Waals surface area contributed by atoms with E-state index in [-0.39, 0.29) is 17.2 Å². The highest BCUT2D eigenvalue weighted by Gasteiger charge is 2.10. The number of nitrogens with one attached hydrogen (secondary N) is 1. The zero-order chi connectivity index (χ0) is 12.0. The molecule has 0 saturated carbocycles. The van der Waals surface area contributed by atoms with Gasteiger partial charge in [0.1, 0.15) is 5.75 Å². The molecular weight excluding hydrogens is 228 g/mol. The van der Waals surface area contributed by atoms with Crippen molar-refractivity contribution in [3.05, 3.63) is 28.8 Å². The molecule has 0 saturated heterocycles. The van der Waals surface area contributed by atoms with Crippen LogP contribution in [0, 0.1) is 11.3 Å². The zero-order valence-corrected chi connectivity index (χ0v) is 9.29. The number of unbranched alkanes of at least 4 members (excludes halogenated alkanes) is 1. The Kier molecular flexibility index (Phi) is 4.62. The molecule has 1 aromatic carbocycles. The van der Waals surface area contributed by atoms with Crippen molar-refractivity contribution in [1.29, 1.82) is 5.26 Å². The fourth-order valence-electron chi connectivity index (χ4n) is 1.16. The number of amides is 1. The molecule has 0 aliphatic rings. The van der Waals surface area contributed by atoms with Crippen molar-refractivity contribution in [2.24, 2.45) is 0 Å². The van der Waals surface area contributed by atoms with E-state index in [1.807, 2.05) is 6.07 Å². The number of carbonyl (C=O) groups excluding carboxylic acids is 1. The van der Waals surface area contributed by atoms with E-state index in [0.29, 0.717) is 24.4 Å². The van der Waals surface area contributed by atoms with Crippen molar-refractivity contribution in [2.45, 2.75) is 12.8 Å². The second-order valence-corrected chi connectivity index (χ2v) is 3.62. The number of phenols is 1. The Morgan fingerprint density at radius 3 is 2.94 bits per heavy atom. The molecule has 0 unspecified atom stereocenters. The highest BCUT2D eigenvalue weighted by Crippen LogP contribution is 2.21. The van der Waals surface area contributed by atoms with Crippen LogP contribution in [0.2, 0.25) is 5.02 Å². The third-order valence-corrected chi connectivity index (χ3v) is 2.19. The number of aromatic hydroxyl groups is 1. The van der Waals surface area contributed by atoms with Crippen molar-refractivity contribution >= 4 is 17.5 Å². The third-order valence-electron chi connectivity index (χ3n) is 1.96. The first-order valence-corrected chi connectivity index (χ1v) is 5.16. The van der Waals surface area contributed by atoms with Crippen LogP contribution in [0.25, 0.3) is 0 Å². The molecule has 0 aromatic heterocycles. The summed E-state index contributed by atoms with van der Waals surface area (Å²) in [5.41, 5.74) is 0.182. The number of halogens is 1. The van der Waals surface area contributed by atoms with E-state index < -0.39 is 0 Å². The summed E-state index contributed by atoms with van der Waals surface area (Å²) < 4.78 is 0. The highest BCUT2D eigenvalue weighted by atomic mass is 35.5. The number of carbonyl (C=O) groups is 1. The number of hydrogen-bond acceptors (Lipinski definition) is 3. The number of benzene rings is 1. The number of phenolic OH excluding ortho intramolecular Hbond substituents is 1. The average molecular weight is 239 g/mol. The molecule has 0 spiro atoms. The Bertz CT molecular complexity index is 426. The molecular formula is C11H11ClN2O2. The van der Waals surface area contributed by atoms with Crippen LogP contribution in [0.1, 0.15) is 23.2 Å². The largest absolute Gasteiger partial charge is 0.507 e. The second kappa shape index (κ2) is 5.99. The fourth-order valence-corrected chi connectivity index (χ4v) is 1.33. The standard InChI is InChI=1S/C11H11ClN2O2/c12-8-3-4-9(10(15)7-8)11(16)14-6-2-1-5-13/h3-4,7,15H,1-2,6H2,(H,14,16). The summed E-state index contributed by atoms with van der Waals surface area (Å²) in [6.45, 7) is 0.411. The third kappa shape index (κ3) is 3.44. The molecule has 1 amide bonds. The summed E-state index contributed by atoms with van der Waals surface area (Å²) in [5.74, 6) is -0.516. The van der Waals surface area contributed by atoms with Gasteiger partial charge in [0.25, 0.3) is 5.91 Å². The van der Waals surface area contributed by atoms with Gasteiger partial charge < -0.3 is 10.4 Å². The summed E-state index contributed by atoms with van der Waals surface area (Å²) >= 11 is 5.64. The van der Waals surface area contributed by atoms with E-state index in [9.17, 15) is 9.90 Å². The van der Waals surface area contributed by atoms with Gasteiger partial charge in [0.2, 0.25) is 0 Å². The molecule has 1 rings (SSSR count). The lowest BCUT2D eigenvalue weighted by atomic mass is 10.2. The lowest BCUT2D eigenvalue weighted by Gasteiger charge is -2.05. The summed E-state index contributed by atoms with van der Waals surface area (Å²) in [7, 11) is 0. The summed E-state index contributed by atoms with van der Waals surface area (Å²) in [6, 6.07) is 6.28. The molecule has 0 bridgehead atoms. The first-order chi connectivity index (χ1) is 7.65. The van der Waals surface area contributed by atoms with Crippen LogP contribution >= 0.6 is 11.6 Å². The maximum atomic E-state index is 11.5. The Morgan fingerprint density at radius 2 is 2.31 bits per heavy atom. The molecule has 0 atom stereocenters. The number of rotatable bonds is 4. The van der Waals surface area contributed by atoms with Crippen molar-refractivity contribution in [2.75, 3.05) is 6.54 Å². The van der Waals surface area contributed by atoms with Gasteiger partial charge in [-0.3, -0.25) is 4.79 Å². The molecule has 2 N–H and O–H groups in total. The van der Waals surface area contributed by atoms with E-state index in [1.54, 1.807) is 0 Å². The molecule has 0 aliphatic heterocycles. The van der Waals surface area contributed by atoms with Gasteiger partial charge in [0, 0.05) is 18.0 Å². The van der Waals surface area contributed by atoms with Gasteiger partial charge in [-0.15, -0.1) is 0 Å². The Morgan fingerprint density at radius 1 is 1.56 bits per heavy atom. The molecule has 16 heavy (non-hydrogen) atoms. The van der Waals surface area contributed by atoms with Crippen LogP contribution in [0.3, 0.4) is 0 Å². The monoisotopic (exact) mass is 238 g/mol. The van der Waals surface area contributed by atoms with Gasteiger partial charge in [-0.2, -0.15) is 5.26 Å². The van der Waals surface area contributed by atoms with E-state index in [4.69, 9.17) is 16.9 Å². The van der Waals surface area contributed by atoms with Gasteiger partial charge in [0.05, 0.1) is 11.6 Å². The molecule has 0 radical (unpaired) electrons. The fraction of sp³-hybridized carbons (Fsp3) is 0.273. The molecule has 4 nitrogen and oxygen atoms in total. The molecule has 1 aromatic rings. The van der Waals surface area contributed by atoms with E-state index in [1.165, 1.54) is 18.2 Å². The second-order valence-electron chi connectivity index (χ2n) is 3.18. The minimum Gasteiger partial charge on any atom is -0.507 e. The lowest BCUT2D eigenvalue weighted by Crippen LogP contribution is -2.24. The number of nitrogens with zero attached hydrogens (tertiary/aromatic N) is 1. The van der Waals surface area contributed by atoms with Crippen LogP contribution in [-0.4, -0.2) is 17.6 Å². The highest BCUT2D eigenvalue weighted by molar-refractivity contribution is 6.30. The van der Waals surface area contributed by atoms with Gasteiger partial charge in [-0.05, 0) is 24.6 Å². The minimum atomic E-state index is -0.368. The summed E-state index contributed by atoms with van der Waals surface area (Å²) in [6.07, 6.45) is 0.990. The van der Waals surface area contributed by atoms with E-state index >= 15 is 0 Å². The molecule has 0 heterocycles. The molecule has 5 heteroatoms. The predicted octanol–water partition coefficient (Wildman–Crippen LogP) is 2.08. The number of hydrogen-bond donors (Lipinski definition) is 2. The first-order valence-electron chi connectivity index (χ1n) is 4.79. The topological polar surface area (TPSA) is 73.1 Å². The van der Waals surface area contributed by atoms with Crippen molar-refractivity contribution in [3.63, 3.8) is 0 Å². The summed E-state index contributed by atoms with van der Waals surface area (Å²) in [5, 5.41) is 20.7. The van der Waals surface area contributed by atoms with Crippen LogP contribution in [0.15, 0.2) is 18.2 Å². The maximum absolute atomic E-state index is 11.5. The normalized spacial score (nSPS) is 9.50. The summed E-state index contributed by atoms with van der Waals surface area (Å²) in [4.78, 5) is 11.5. The van der Waals surface area contributed by atoms with Gasteiger partial charge in [-0.25, -0.2) is 0 Å². The van der Waals surface area contributed by atoms with Gasteiger partial charge >= 0.3 is 0 Å². The zero-order valence-electron chi connectivity index (χ0n) is 8.53. The van der Waals surface area contributed by atoms with Crippen LogP contribution in [-0.2, 0) is 0 Å². The Balaban J connectivity index is 2.57. The molecule has 0 aliphatic carbocycles. The molecule has 0 fully saturated rings. The predicted molar refractivity (Wildman–Crippen MR) is 60.3 cm³/mol. The van der Waals surface area contributed by atoms with Crippen LogP contribution in [0.4, 0.5) is 0 Å². The van der Waals surface area contributed by atoms with Gasteiger partial charge in [-0.1, -0.05) is 11.6 Å². The average Bonchev–Trinajstić information content (AvgIpc) is 2.24.